The Bertz CT molecular complexity index is 713. The molecule has 0 radical (unpaired) electrons. The van der Waals surface area contributed by atoms with Gasteiger partial charge in [-0.1, -0.05) is 30.3 Å². The normalized spacial score (nSPS) is 16.9. The highest BCUT2D eigenvalue weighted by Crippen LogP contribution is 2.21. The van der Waals surface area contributed by atoms with E-state index in [4.69, 9.17) is 4.74 Å². The average molecular weight is 324 g/mol. The van der Waals surface area contributed by atoms with Gasteiger partial charge in [-0.15, -0.1) is 0 Å². The SMILES string of the molecule is Cc1ccc(C(=O)N2CCCC2C(=O)OCc2ccccc2)cn1. The first-order chi connectivity index (χ1) is 11.6. The Labute approximate surface area is 141 Å². The minimum atomic E-state index is -0.512. The smallest absolute Gasteiger partial charge is 0.329 e. The fraction of sp³-hybridized carbons (Fsp3) is 0.316. The number of likely N-dealkylation sites (tertiary alicyclic amines) is 1. The van der Waals surface area contributed by atoms with Gasteiger partial charge in [0.1, 0.15) is 12.6 Å². The highest BCUT2D eigenvalue weighted by atomic mass is 16.5. The van der Waals surface area contributed by atoms with Crippen LogP contribution in [0.4, 0.5) is 0 Å². The molecular weight excluding hydrogens is 304 g/mol. The number of benzene rings is 1. The van der Waals surface area contributed by atoms with Crippen molar-refractivity contribution in [3.05, 3.63) is 65.5 Å². The number of hydrogen-bond acceptors (Lipinski definition) is 4. The van der Waals surface area contributed by atoms with Crippen molar-refractivity contribution in [3.63, 3.8) is 0 Å². The van der Waals surface area contributed by atoms with Crippen molar-refractivity contribution in [2.45, 2.75) is 32.4 Å². The van der Waals surface area contributed by atoms with Crippen molar-refractivity contribution in [2.24, 2.45) is 0 Å². The van der Waals surface area contributed by atoms with Gasteiger partial charge in [-0.3, -0.25) is 9.78 Å². The Kier molecular flexibility index (Phi) is 4.89. The first kappa shape index (κ1) is 16.2. The van der Waals surface area contributed by atoms with E-state index < -0.39 is 6.04 Å². The Balaban J connectivity index is 1.65. The number of rotatable bonds is 4. The molecule has 1 aromatic carbocycles. The minimum Gasteiger partial charge on any atom is -0.459 e. The Morgan fingerprint density at radius 2 is 2.00 bits per heavy atom. The standard InChI is InChI=1S/C19H20N2O3/c1-14-9-10-16(12-20-14)18(22)21-11-5-8-17(21)19(23)24-13-15-6-3-2-4-7-15/h2-4,6-7,9-10,12,17H,5,8,11,13H2,1H3. The molecule has 2 heterocycles. The molecule has 0 N–H and O–H groups in total. The predicted molar refractivity (Wildman–Crippen MR) is 89.3 cm³/mol. The van der Waals surface area contributed by atoms with E-state index in [0.717, 1.165) is 17.7 Å². The second-order valence-electron chi connectivity index (χ2n) is 5.94. The summed E-state index contributed by atoms with van der Waals surface area (Å²) in [5, 5.41) is 0. The zero-order valence-electron chi connectivity index (χ0n) is 13.6. The number of aromatic nitrogens is 1. The molecule has 2 aromatic rings. The summed E-state index contributed by atoms with van der Waals surface area (Å²) in [5.41, 5.74) is 2.29. The van der Waals surface area contributed by atoms with Gasteiger partial charge in [0, 0.05) is 18.4 Å². The molecule has 5 nitrogen and oxygen atoms in total. The molecular formula is C19H20N2O3. The van der Waals surface area contributed by atoms with Crippen molar-refractivity contribution in [2.75, 3.05) is 6.54 Å². The quantitative estimate of drug-likeness (QED) is 0.812. The minimum absolute atomic E-state index is 0.165. The van der Waals surface area contributed by atoms with Crippen LogP contribution in [-0.4, -0.2) is 34.3 Å². The third-order valence-electron chi connectivity index (χ3n) is 4.17. The maximum atomic E-state index is 12.6. The molecule has 1 aliphatic heterocycles. The maximum absolute atomic E-state index is 12.6. The van der Waals surface area contributed by atoms with E-state index in [-0.39, 0.29) is 18.5 Å². The Hall–Kier alpha value is -2.69. The van der Waals surface area contributed by atoms with E-state index in [1.165, 1.54) is 0 Å². The molecule has 24 heavy (non-hydrogen) atoms. The highest BCUT2D eigenvalue weighted by molar-refractivity contribution is 5.96. The van der Waals surface area contributed by atoms with Crippen LogP contribution in [0.5, 0.6) is 0 Å². The van der Waals surface area contributed by atoms with Crippen molar-refractivity contribution in [1.82, 2.24) is 9.88 Å². The third-order valence-corrected chi connectivity index (χ3v) is 4.17. The van der Waals surface area contributed by atoms with Crippen molar-refractivity contribution in [3.8, 4) is 0 Å². The van der Waals surface area contributed by atoms with E-state index >= 15 is 0 Å². The topological polar surface area (TPSA) is 59.5 Å². The number of esters is 1. The summed E-state index contributed by atoms with van der Waals surface area (Å²) in [4.78, 5) is 30.8. The summed E-state index contributed by atoms with van der Waals surface area (Å²) in [6.45, 7) is 2.66. The number of nitrogens with zero attached hydrogens (tertiary/aromatic N) is 2. The van der Waals surface area contributed by atoms with Crippen LogP contribution in [-0.2, 0) is 16.1 Å². The van der Waals surface area contributed by atoms with Gasteiger partial charge in [0.05, 0.1) is 5.56 Å². The molecule has 1 aromatic heterocycles. The summed E-state index contributed by atoms with van der Waals surface area (Å²) >= 11 is 0. The summed E-state index contributed by atoms with van der Waals surface area (Å²) in [7, 11) is 0. The van der Waals surface area contributed by atoms with E-state index in [2.05, 4.69) is 4.98 Å². The van der Waals surface area contributed by atoms with E-state index in [1.54, 1.807) is 23.2 Å². The first-order valence-electron chi connectivity index (χ1n) is 8.09. The van der Waals surface area contributed by atoms with Gasteiger partial charge in [-0.2, -0.15) is 0 Å². The van der Waals surface area contributed by atoms with Crippen molar-refractivity contribution in [1.29, 1.82) is 0 Å². The molecule has 0 spiro atoms. The lowest BCUT2D eigenvalue weighted by Crippen LogP contribution is -2.41. The number of pyridine rings is 1. The van der Waals surface area contributed by atoms with Crippen LogP contribution in [0.3, 0.4) is 0 Å². The summed E-state index contributed by atoms with van der Waals surface area (Å²) in [6.07, 6.45) is 3.00. The lowest BCUT2D eigenvalue weighted by Gasteiger charge is -2.23. The van der Waals surface area contributed by atoms with E-state index in [9.17, 15) is 9.59 Å². The van der Waals surface area contributed by atoms with Crippen LogP contribution >= 0.6 is 0 Å². The van der Waals surface area contributed by atoms with Crippen LogP contribution in [0.2, 0.25) is 0 Å². The zero-order chi connectivity index (χ0) is 16.9. The molecule has 1 unspecified atom stereocenters. The second-order valence-corrected chi connectivity index (χ2v) is 5.94. The van der Waals surface area contributed by atoms with Gasteiger partial charge in [0.25, 0.3) is 5.91 Å². The highest BCUT2D eigenvalue weighted by Gasteiger charge is 2.35. The molecule has 1 aliphatic rings. The molecule has 3 rings (SSSR count). The molecule has 1 fully saturated rings. The number of hydrogen-bond donors (Lipinski definition) is 0. The van der Waals surface area contributed by atoms with Gasteiger partial charge in [-0.05, 0) is 37.5 Å². The lowest BCUT2D eigenvalue weighted by molar-refractivity contribution is -0.149. The molecule has 1 atom stereocenters. The van der Waals surface area contributed by atoms with Crippen molar-refractivity contribution < 1.29 is 14.3 Å². The number of carbonyl (C=O) groups excluding carboxylic acids is 2. The zero-order valence-corrected chi connectivity index (χ0v) is 13.6. The second kappa shape index (κ2) is 7.25. The van der Waals surface area contributed by atoms with Crippen LogP contribution in [0.15, 0.2) is 48.7 Å². The van der Waals surface area contributed by atoms with Gasteiger partial charge in [0.15, 0.2) is 0 Å². The lowest BCUT2D eigenvalue weighted by atomic mass is 10.2. The number of ether oxygens (including phenoxy) is 1. The maximum Gasteiger partial charge on any atom is 0.329 e. The van der Waals surface area contributed by atoms with Gasteiger partial charge < -0.3 is 9.64 Å². The predicted octanol–water partition coefficient (Wildman–Crippen LogP) is 2.74. The first-order valence-corrected chi connectivity index (χ1v) is 8.09. The fourth-order valence-electron chi connectivity index (χ4n) is 2.84. The van der Waals surface area contributed by atoms with Gasteiger partial charge in [-0.25, -0.2) is 4.79 Å². The van der Waals surface area contributed by atoms with Gasteiger partial charge in [0.2, 0.25) is 0 Å². The van der Waals surface area contributed by atoms with E-state index in [0.29, 0.717) is 18.5 Å². The monoisotopic (exact) mass is 324 g/mol. The van der Waals surface area contributed by atoms with Crippen LogP contribution in [0.25, 0.3) is 0 Å². The summed E-state index contributed by atoms with van der Waals surface area (Å²) in [5.74, 6) is -0.508. The van der Waals surface area contributed by atoms with Gasteiger partial charge >= 0.3 is 5.97 Å². The van der Waals surface area contributed by atoms with Crippen LogP contribution in [0.1, 0.15) is 34.5 Å². The number of amides is 1. The number of carbonyl (C=O) groups is 2. The molecule has 124 valence electrons. The average Bonchev–Trinajstić information content (AvgIpc) is 3.10. The molecule has 1 saturated heterocycles. The molecule has 0 aliphatic carbocycles. The fourth-order valence-corrected chi connectivity index (χ4v) is 2.84. The molecule has 0 bridgehead atoms. The summed E-state index contributed by atoms with van der Waals surface area (Å²) in [6, 6.07) is 12.6. The van der Waals surface area contributed by atoms with Crippen LogP contribution < -0.4 is 0 Å². The van der Waals surface area contributed by atoms with Crippen LogP contribution in [0, 0.1) is 6.92 Å². The molecule has 1 amide bonds. The Morgan fingerprint density at radius 3 is 2.71 bits per heavy atom. The third kappa shape index (κ3) is 3.62. The largest absolute Gasteiger partial charge is 0.459 e. The molecule has 0 saturated carbocycles. The van der Waals surface area contributed by atoms with Crippen molar-refractivity contribution >= 4 is 11.9 Å². The van der Waals surface area contributed by atoms with E-state index in [1.807, 2.05) is 37.3 Å². The number of aryl methyl sites for hydroxylation is 1. The summed E-state index contributed by atoms with van der Waals surface area (Å²) < 4.78 is 5.40. The Morgan fingerprint density at radius 1 is 1.21 bits per heavy atom. The molecule has 5 heteroatoms.